The third-order valence-corrected chi connectivity index (χ3v) is 1.34. The van der Waals surface area contributed by atoms with Crippen LogP contribution in [0.15, 0.2) is 0 Å². The van der Waals surface area contributed by atoms with Crippen molar-refractivity contribution in [3.63, 3.8) is 0 Å². The fourth-order valence-corrected chi connectivity index (χ4v) is 0.790. The van der Waals surface area contributed by atoms with Gasteiger partial charge in [-0.2, -0.15) is 4.90 Å². The normalized spacial score (nSPS) is 15.1. The van der Waals surface area contributed by atoms with Crippen LogP contribution in [0.5, 0.6) is 0 Å². The first-order valence-electron chi connectivity index (χ1n) is 3.85. The van der Waals surface area contributed by atoms with E-state index in [1.165, 1.54) is 0 Å². The standard InChI is InChI=1S/C5H5NO4.C2H6O2/c7-3-1-2-4(8)6(3)5(9)10;3-1-2-4/h1-2H2,(H,9,10);3-4H,1-2H2. The van der Waals surface area contributed by atoms with Crippen molar-refractivity contribution in [2.45, 2.75) is 12.8 Å². The monoisotopic (exact) mass is 205 g/mol. The molecule has 3 amide bonds. The zero-order chi connectivity index (χ0) is 11.1. The smallest absolute Gasteiger partial charge is 0.421 e. The van der Waals surface area contributed by atoms with Crippen LogP contribution in [0, 0.1) is 0 Å². The third-order valence-electron chi connectivity index (χ3n) is 1.34. The maximum atomic E-state index is 10.6. The number of imide groups is 3. The Morgan fingerprint density at radius 1 is 1.14 bits per heavy atom. The molecule has 0 aliphatic carbocycles. The number of carbonyl (C=O) groups is 3. The van der Waals surface area contributed by atoms with Crippen molar-refractivity contribution in [1.29, 1.82) is 0 Å². The molecule has 1 heterocycles. The SMILES string of the molecule is O=C(O)N1C(=O)CCC1=O.OCCO. The lowest BCUT2D eigenvalue weighted by Gasteiger charge is -2.03. The predicted molar refractivity (Wildman–Crippen MR) is 43.3 cm³/mol. The quantitative estimate of drug-likeness (QED) is 0.462. The molecule has 0 radical (unpaired) electrons. The zero-order valence-electron chi connectivity index (χ0n) is 7.34. The van der Waals surface area contributed by atoms with Crippen molar-refractivity contribution in [3.8, 4) is 0 Å². The van der Waals surface area contributed by atoms with Crippen molar-refractivity contribution in [2.24, 2.45) is 0 Å². The van der Waals surface area contributed by atoms with Gasteiger partial charge in [0, 0.05) is 12.8 Å². The number of likely N-dealkylation sites (tertiary alicyclic amines) is 1. The molecule has 1 aliphatic rings. The van der Waals surface area contributed by atoms with Crippen LogP contribution in [0.2, 0.25) is 0 Å². The van der Waals surface area contributed by atoms with Crippen LogP contribution in [0.3, 0.4) is 0 Å². The molecular formula is C7H11NO6. The Kier molecular flexibility index (Phi) is 5.42. The number of hydrogen-bond acceptors (Lipinski definition) is 5. The van der Waals surface area contributed by atoms with E-state index in [9.17, 15) is 14.4 Å². The van der Waals surface area contributed by atoms with Crippen molar-refractivity contribution in [3.05, 3.63) is 0 Å². The average Bonchev–Trinajstić information content (AvgIpc) is 2.46. The highest BCUT2D eigenvalue weighted by atomic mass is 16.4. The molecule has 7 heteroatoms. The highest BCUT2D eigenvalue weighted by molar-refractivity contribution is 6.12. The summed E-state index contributed by atoms with van der Waals surface area (Å²) in [5, 5.41) is 23.5. The average molecular weight is 205 g/mol. The van der Waals surface area contributed by atoms with E-state index in [2.05, 4.69) is 0 Å². The zero-order valence-corrected chi connectivity index (χ0v) is 7.34. The van der Waals surface area contributed by atoms with Crippen molar-refractivity contribution >= 4 is 17.9 Å². The third kappa shape index (κ3) is 3.50. The lowest BCUT2D eigenvalue weighted by molar-refractivity contribution is -0.135. The maximum Gasteiger partial charge on any atom is 0.421 e. The molecule has 0 bridgehead atoms. The number of aliphatic hydroxyl groups excluding tert-OH is 2. The molecule has 0 atom stereocenters. The molecule has 0 aromatic carbocycles. The van der Waals surface area contributed by atoms with Gasteiger partial charge in [-0.15, -0.1) is 0 Å². The molecule has 1 saturated heterocycles. The summed E-state index contributed by atoms with van der Waals surface area (Å²) in [6, 6.07) is 0. The number of amides is 3. The van der Waals surface area contributed by atoms with E-state index < -0.39 is 17.9 Å². The van der Waals surface area contributed by atoms with Gasteiger partial charge in [0.25, 0.3) is 0 Å². The minimum Gasteiger partial charge on any atom is -0.464 e. The van der Waals surface area contributed by atoms with Crippen LogP contribution in [0.4, 0.5) is 4.79 Å². The topological polar surface area (TPSA) is 115 Å². The van der Waals surface area contributed by atoms with Crippen LogP contribution in [-0.4, -0.2) is 51.3 Å². The van der Waals surface area contributed by atoms with E-state index in [-0.39, 0.29) is 31.0 Å². The van der Waals surface area contributed by atoms with E-state index >= 15 is 0 Å². The second-order valence-corrected chi connectivity index (χ2v) is 2.35. The highest BCUT2D eigenvalue weighted by Crippen LogP contribution is 2.10. The van der Waals surface area contributed by atoms with Crippen molar-refractivity contribution in [1.82, 2.24) is 4.90 Å². The first-order valence-corrected chi connectivity index (χ1v) is 3.85. The summed E-state index contributed by atoms with van der Waals surface area (Å²) in [4.78, 5) is 31.5. The van der Waals surface area contributed by atoms with E-state index in [1.807, 2.05) is 0 Å². The lowest BCUT2D eigenvalue weighted by atomic mass is 10.4. The Balaban J connectivity index is 0.000000364. The van der Waals surface area contributed by atoms with Gasteiger partial charge in [-0.25, -0.2) is 4.79 Å². The number of hydrogen-bond donors (Lipinski definition) is 3. The molecule has 14 heavy (non-hydrogen) atoms. The summed E-state index contributed by atoms with van der Waals surface area (Å²) in [5.41, 5.74) is 0. The highest BCUT2D eigenvalue weighted by Gasteiger charge is 2.33. The van der Waals surface area contributed by atoms with Crippen LogP contribution in [0.25, 0.3) is 0 Å². The maximum absolute atomic E-state index is 10.6. The summed E-state index contributed by atoms with van der Waals surface area (Å²) in [6.07, 6.45) is -1.44. The van der Waals surface area contributed by atoms with E-state index in [1.54, 1.807) is 0 Å². The molecule has 0 aromatic heterocycles. The van der Waals surface area contributed by atoms with Gasteiger partial charge < -0.3 is 15.3 Å². The Bertz CT molecular complexity index is 220. The van der Waals surface area contributed by atoms with Crippen molar-refractivity contribution < 1.29 is 29.7 Å². The summed E-state index contributed by atoms with van der Waals surface area (Å²) >= 11 is 0. The second-order valence-electron chi connectivity index (χ2n) is 2.35. The first-order chi connectivity index (χ1) is 6.54. The summed E-state index contributed by atoms with van der Waals surface area (Å²) in [7, 11) is 0. The van der Waals surface area contributed by atoms with Gasteiger partial charge in [0.05, 0.1) is 13.2 Å². The van der Waals surface area contributed by atoms with Gasteiger partial charge in [0.2, 0.25) is 11.8 Å². The van der Waals surface area contributed by atoms with Gasteiger partial charge in [-0.1, -0.05) is 0 Å². The fourth-order valence-electron chi connectivity index (χ4n) is 0.790. The van der Waals surface area contributed by atoms with Crippen LogP contribution in [-0.2, 0) is 9.59 Å². The van der Waals surface area contributed by atoms with E-state index in [0.29, 0.717) is 0 Å². The molecule has 80 valence electrons. The second kappa shape index (κ2) is 6.06. The predicted octanol–water partition coefficient (Wildman–Crippen LogP) is -1.22. The van der Waals surface area contributed by atoms with Crippen molar-refractivity contribution in [2.75, 3.05) is 13.2 Å². The molecule has 0 saturated carbocycles. The molecule has 0 aromatic rings. The Morgan fingerprint density at radius 2 is 1.50 bits per heavy atom. The Morgan fingerprint density at radius 3 is 1.64 bits per heavy atom. The number of carbonyl (C=O) groups excluding carboxylic acids is 2. The largest absolute Gasteiger partial charge is 0.464 e. The molecule has 0 unspecified atom stereocenters. The Hall–Kier alpha value is -1.47. The minimum atomic E-state index is -1.48. The van der Waals surface area contributed by atoms with Crippen LogP contribution in [0.1, 0.15) is 12.8 Å². The van der Waals surface area contributed by atoms with Crippen LogP contribution >= 0.6 is 0 Å². The van der Waals surface area contributed by atoms with E-state index in [4.69, 9.17) is 15.3 Å². The molecule has 1 fully saturated rings. The van der Waals surface area contributed by atoms with Gasteiger partial charge in [-0.05, 0) is 0 Å². The molecule has 1 aliphatic heterocycles. The lowest BCUT2D eigenvalue weighted by Crippen LogP contribution is -2.33. The van der Waals surface area contributed by atoms with Gasteiger partial charge >= 0.3 is 6.09 Å². The fraction of sp³-hybridized carbons (Fsp3) is 0.571. The molecular weight excluding hydrogens is 194 g/mol. The Labute approximate surface area is 79.6 Å². The van der Waals surface area contributed by atoms with Gasteiger partial charge in [-0.3, -0.25) is 9.59 Å². The summed E-state index contributed by atoms with van der Waals surface area (Å²) < 4.78 is 0. The molecule has 0 spiro atoms. The van der Waals surface area contributed by atoms with Crippen LogP contribution < -0.4 is 0 Å². The number of carboxylic acid groups (broad SMARTS) is 1. The summed E-state index contributed by atoms with van der Waals surface area (Å²) in [6.45, 7) is -0.250. The summed E-state index contributed by atoms with van der Waals surface area (Å²) in [5.74, 6) is -1.25. The first kappa shape index (κ1) is 12.5. The van der Waals surface area contributed by atoms with E-state index in [0.717, 1.165) is 0 Å². The molecule has 1 rings (SSSR count). The number of rotatable bonds is 1. The number of nitrogens with zero attached hydrogens (tertiary/aromatic N) is 1. The number of aliphatic hydroxyl groups is 2. The minimum absolute atomic E-state index is 0.0190. The molecule has 7 nitrogen and oxygen atoms in total. The molecule has 3 N–H and O–H groups in total. The van der Waals surface area contributed by atoms with Gasteiger partial charge in [0.15, 0.2) is 0 Å². The van der Waals surface area contributed by atoms with Gasteiger partial charge in [0.1, 0.15) is 0 Å².